The second kappa shape index (κ2) is 11.8. The number of anilines is 4. The zero-order valence-electron chi connectivity index (χ0n) is 25.0. The lowest BCUT2D eigenvalue weighted by atomic mass is 10.1. The number of para-hydroxylation sites is 1. The molecule has 10 nitrogen and oxygen atoms in total. The van der Waals surface area contributed by atoms with Gasteiger partial charge in [0.05, 0.1) is 28.0 Å². The van der Waals surface area contributed by atoms with Crippen LogP contribution >= 0.6 is 11.3 Å². The Bertz CT molecular complexity index is 1990. The van der Waals surface area contributed by atoms with Crippen molar-refractivity contribution in [3.8, 4) is 23.3 Å². The van der Waals surface area contributed by atoms with Crippen molar-refractivity contribution in [1.29, 1.82) is 5.26 Å². The van der Waals surface area contributed by atoms with Crippen LogP contribution in [0.2, 0.25) is 0 Å². The summed E-state index contributed by atoms with van der Waals surface area (Å²) >= 11 is 1.26. The smallest absolute Gasteiger partial charge is 0.412 e. The van der Waals surface area contributed by atoms with Gasteiger partial charge in [0.1, 0.15) is 45.4 Å². The largest absolute Gasteiger partial charge is 0.488 e. The van der Waals surface area contributed by atoms with E-state index in [2.05, 4.69) is 21.7 Å². The topological polar surface area (TPSA) is 126 Å². The van der Waals surface area contributed by atoms with Gasteiger partial charge < -0.3 is 19.5 Å². The summed E-state index contributed by atoms with van der Waals surface area (Å²) < 4.78 is 17.4. The maximum absolute atomic E-state index is 13.5. The monoisotopic (exact) mass is 619 g/mol. The molecular weight excluding hydrogens is 590 g/mol. The average molecular weight is 620 g/mol. The standard InChI is InChI=1S/C34H29N5O5S/c1-20-16-24(43-23-10-7-8-21(17-23)19-42-27-11-6-5-9-22(27)18-35)12-13-25(20)39-26-14-15-36-30-28(26)29(37-32(39)40)31(45-30)38-33(41)44-34(2,3)4/h5-17H,19H2,1-4H3,(H,37,40)(H,38,41). The first-order valence-corrected chi connectivity index (χ1v) is 14.9. The minimum atomic E-state index is -0.669. The summed E-state index contributed by atoms with van der Waals surface area (Å²) in [5, 5.41) is 16.2. The Kier molecular flexibility index (Phi) is 7.74. The van der Waals surface area contributed by atoms with E-state index in [4.69, 9.17) is 14.2 Å². The molecule has 0 aliphatic carbocycles. The molecule has 0 unspecified atom stereocenters. The third kappa shape index (κ3) is 6.23. The molecule has 0 saturated heterocycles. The fraction of sp³-hybridized carbons (Fsp3) is 0.176. The molecule has 0 fully saturated rings. The molecule has 5 aromatic rings. The minimum Gasteiger partial charge on any atom is -0.488 e. The van der Waals surface area contributed by atoms with Crippen molar-refractivity contribution >= 4 is 55.7 Å². The number of hydrogen-bond donors (Lipinski definition) is 2. The van der Waals surface area contributed by atoms with Crippen LogP contribution in [0.5, 0.6) is 17.2 Å². The Morgan fingerprint density at radius 1 is 1.04 bits per heavy atom. The molecule has 3 aromatic carbocycles. The second-order valence-corrected chi connectivity index (χ2v) is 12.3. The van der Waals surface area contributed by atoms with Gasteiger partial charge in [0.15, 0.2) is 0 Å². The van der Waals surface area contributed by atoms with E-state index in [1.807, 2.05) is 49.4 Å². The van der Waals surface area contributed by atoms with Crippen LogP contribution in [-0.2, 0) is 11.3 Å². The van der Waals surface area contributed by atoms with Crippen molar-refractivity contribution in [3.63, 3.8) is 0 Å². The molecule has 45 heavy (non-hydrogen) atoms. The molecule has 0 radical (unpaired) electrons. The molecule has 226 valence electrons. The number of amides is 3. The lowest BCUT2D eigenvalue weighted by Crippen LogP contribution is -2.34. The fourth-order valence-corrected chi connectivity index (χ4v) is 5.94. The number of hydrogen-bond acceptors (Lipinski definition) is 8. The molecule has 0 bridgehead atoms. The summed E-state index contributed by atoms with van der Waals surface area (Å²) in [7, 11) is 0. The molecule has 2 aromatic heterocycles. The van der Waals surface area contributed by atoms with Gasteiger partial charge in [0.25, 0.3) is 0 Å². The normalized spacial score (nSPS) is 12.3. The van der Waals surface area contributed by atoms with Crippen LogP contribution in [0.1, 0.15) is 37.5 Å². The molecule has 0 atom stereocenters. The molecule has 0 saturated carbocycles. The minimum absolute atomic E-state index is 0.276. The van der Waals surface area contributed by atoms with Crippen molar-refractivity contribution in [3.05, 3.63) is 95.7 Å². The number of rotatable bonds is 7. The van der Waals surface area contributed by atoms with Crippen LogP contribution in [0.4, 0.5) is 31.7 Å². The van der Waals surface area contributed by atoms with E-state index >= 15 is 0 Å². The fourth-order valence-electron chi connectivity index (χ4n) is 4.93. The number of pyridine rings is 1. The van der Waals surface area contributed by atoms with E-state index in [1.165, 1.54) is 11.3 Å². The van der Waals surface area contributed by atoms with Crippen molar-refractivity contribution < 1.29 is 23.8 Å². The number of urea groups is 1. The summed E-state index contributed by atoms with van der Waals surface area (Å²) in [6.45, 7) is 7.53. The second-order valence-electron chi connectivity index (χ2n) is 11.3. The van der Waals surface area contributed by atoms with Crippen LogP contribution in [-0.4, -0.2) is 22.7 Å². The number of nitrogens with one attached hydrogen (secondary N) is 2. The highest BCUT2D eigenvalue weighted by Gasteiger charge is 2.32. The highest BCUT2D eigenvalue weighted by Crippen LogP contribution is 2.49. The van der Waals surface area contributed by atoms with Gasteiger partial charge in [0.2, 0.25) is 0 Å². The highest BCUT2D eigenvalue weighted by molar-refractivity contribution is 7.23. The predicted molar refractivity (Wildman–Crippen MR) is 174 cm³/mol. The van der Waals surface area contributed by atoms with E-state index in [9.17, 15) is 14.9 Å². The van der Waals surface area contributed by atoms with Crippen LogP contribution in [0.3, 0.4) is 0 Å². The van der Waals surface area contributed by atoms with E-state index < -0.39 is 11.7 Å². The third-order valence-corrected chi connectivity index (χ3v) is 7.82. The molecule has 2 N–H and O–H groups in total. The Hall–Kier alpha value is -5.60. The lowest BCUT2D eigenvalue weighted by Gasteiger charge is -2.29. The number of aryl methyl sites for hydroxylation is 1. The average Bonchev–Trinajstić information content (AvgIpc) is 3.33. The van der Waals surface area contributed by atoms with Gasteiger partial charge in [0, 0.05) is 6.20 Å². The van der Waals surface area contributed by atoms with Crippen LogP contribution in [0.25, 0.3) is 10.2 Å². The molecule has 0 spiro atoms. The quantitative estimate of drug-likeness (QED) is 0.186. The first kappa shape index (κ1) is 29.5. The van der Waals surface area contributed by atoms with Crippen molar-refractivity contribution in [2.24, 2.45) is 0 Å². The van der Waals surface area contributed by atoms with Crippen LogP contribution < -0.4 is 25.0 Å². The van der Waals surface area contributed by atoms with E-state index in [-0.39, 0.29) is 12.6 Å². The summed E-state index contributed by atoms with van der Waals surface area (Å²) in [6.07, 6.45) is 1.03. The molecule has 1 aliphatic heterocycles. The molecular formula is C34H29N5O5S. The number of aromatic nitrogens is 1. The summed E-state index contributed by atoms with van der Waals surface area (Å²) in [6, 6.07) is 23.7. The first-order chi connectivity index (χ1) is 21.6. The van der Waals surface area contributed by atoms with Gasteiger partial charge in [-0.15, -0.1) is 0 Å². The number of thiophene rings is 1. The summed E-state index contributed by atoms with van der Waals surface area (Å²) in [5.41, 5.74) is 3.31. The maximum atomic E-state index is 13.5. The highest BCUT2D eigenvalue weighted by atomic mass is 32.1. The molecule has 3 heterocycles. The Morgan fingerprint density at radius 3 is 2.62 bits per heavy atom. The zero-order valence-corrected chi connectivity index (χ0v) is 25.8. The van der Waals surface area contributed by atoms with Gasteiger partial charge in [-0.1, -0.05) is 35.6 Å². The third-order valence-electron chi connectivity index (χ3n) is 6.81. The van der Waals surface area contributed by atoms with Gasteiger partial charge >= 0.3 is 12.1 Å². The number of nitriles is 1. The van der Waals surface area contributed by atoms with Crippen molar-refractivity contribution in [2.75, 3.05) is 15.5 Å². The molecule has 6 rings (SSSR count). The van der Waals surface area contributed by atoms with Crippen molar-refractivity contribution in [1.82, 2.24) is 4.98 Å². The van der Waals surface area contributed by atoms with Crippen LogP contribution in [0, 0.1) is 18.3 Å². The molecule has 3 amide bonds. The van der Waals surface area contributed by atoms with Crippen molar-refractivity contribution in [2.45, 2.75) is 39.9 Å². The predicted octanol–water partition coefficient (Wildman–Crippen LogP) is 8.88. The number of carbonyl (C=O) groups excluding carboxylic acids is 2. The number of carbonyl (C=O) groups is 2. The summed E-state index contributed by atoms with van der Waals surface area (Å²) in [5.74, 6) is 1.74. The molecule has 1 aliphatic rings. The van der Waals surface area contributed by atoms with Gasteiger partial charge in [-0.25, -0.2) is 14.6 Å². The molecule has 11 heteroatoms. The van der Waals surface area contributed by atoms with E-state index in [0.29, 0.717) is 49.7 Å². The number of ether oxygens (including phenoxy) is 3. The maximum Gasteiger partial charge on any atom is 0.412 e. The Labute approximate surface area is 263 Å². The number of benzene rings is 3. The Balaban J connectivity index is 1.22. The SMILES string of the molecule is Cc1cc(Oc2cccc(COc3ccccc3C#N)c2)ccc1N1C(=O)Nc2c(NC(=O)OC(C)(C)C)sc3nccc1c23. The van der Waals surface area contributed by atoms with Gasteiger partial charge in [-0.3, -0.25) is 10.2 Å². The lowest BCUT2D eigenvalue weighted by molar-refractivity contribution is 0.0636. The van der Waals surface area contributed by atoms with E-state index in [0.717, 1.165) is 16.5 Å². The van der Waals surface area contributed by atoms with Gasteiger partial charge in [-0.2, -0.15) is 5.26 Å². The van der Waals surface area contributed by atoms with E-state index in [1.54, 1.807) is 62.2 Å². The van der Waals surface area contributed by atoms with Gasteiger partial charge in [-0.05, 0) is 87.4 Å². The Morgan fingerprint density at radius 2 is 1.84 bits per heavy atom. The summed E-state index contributed by atoms with van der Waals surface area (Å²) in [4.78, 5) is 32.7. The zero-order chi connectivity index (χ0) is 31.7. The first-order valence-electron chi connectivity index (χ1n) is 14.1. The number of nitrogens with zero attached hydrogens (tertiary/aromatic N) is 3. The van der Waals surface area contributed by atoms with Crippen LogP contribution in [0.15, 0.2) is 79.0 Å².